The molecular weight excluding hydrogens is 401 g/mol. The molecule has 1 aliphatic heterocycles. The van der Waals surface area contributed by atoms with Gasteiger partial charge >= 0.3 is 6.18 Å². The Bertz CT molecular complexity index is 857. The maximum absolute atomic E-state index is 13.2. The molecule has 1 N–H and O–H groups in total. The van der Waals surface area contributed by atoms with E-state index in [4.69, 9.17) is 11.6 Å². The molecule has 0 saturated carbocycles. The van der Waals surface area contributed by atoms with Crippen LogP contribution in [0, 0.1) is 0 Å². The molecule has 1 aliphatic rings. The molecule has 29 heavy (non-hydrogen) atoms. The summed E-state index contributed by atoms with van der Waals surface area (Å²) in [5.74, 6) is -0.610. The van der Waals surface area contributed by atoms with E-state index < -0.39 is 22.7 Å². The summed E-state index contributed by atoms with van der Waals surface area (Å²) in [4.78, 5) is 15.2. The Morgan fingerprint density at radius 3 is 2.48 bits per heavy atom. The molecule has 1 fully saturated rings. The van der Waals surface area contributed by atoms with E-state index >= 15 is 0 Å². The summed E-state index contributed by atoms with van der Waals surface area (Å²) in [6, 6.07) is 12.9. The normalized spacial score (nSPS) is 21.6. The van der Waals surface area contributed by atoms with Gasteiger partial charge in [-0.1, -0.05) is 54.4 Å². The van der Waals surface area contributed by atoms with E-state index in [-0.39, 0.29) is 17.6 Å². The Morgan fingerprint density at radius 1 is 1.14 bits per heavy atom. The number of carbonyl (C=O) groups is 1. The lowest BCUT2D eigenvalue weighted by Crippen LogP contribution is -2.50. The third-order valence-electron chi connectivity index (χ3n) is 5.72. The minimum atomic E-state index is -4.62. The predicted octanol–water partition coefficient (Wildman–Crippen LogP) is 5.70. The van der Waals surface area contributed by atoms with Crippen LogP contribution in [0.1, 0.15) is 53.7 Å². The van der Waals surface area contributed by atoms with Crippen LogP contribution in [0.4, 0.5) is 13.2 Å². The number of nitrogens with one attached hydrogen (secondary N) is 1. The number of piperidine rings is 1. The SMILES string of the molecule is C[C@@H]1CCC[C@H]([C@@H](NC(=O)c2cccc(C(F)(F)F)c2Cl)c2ccccc2)N1C. The van der Waals surface area contributed by atoms with E-state index in [2.05, 4.69) is 17.1 Å². The first-order valence-corrected chi connectivity index (χ1v) is 10.0. The molecule has 3 nitrogen and oxygen atoms in total. The van der Waals surface area contributed by atoms with E-state index in [1.165, 1.54) is 12.1 Å². The van der Waals surface area contributed by atoms with Crippen LogP contribution >= 0.6 is 11.6 Å². The van der Waals surface area contributed by atoms with Crippen LogP contribution in [0.15, 0.2) is 48.5 Å². The molecule has 0 radical (unpaired) electrons. The highest BCUT2D eigenvalue weighted by atomic mass is 35.5. The quantitative estimate of drug-likeness (QED) is 0.682. The van der Waals surface area contributed by atoms with Crippen molar-refractivity contribution in [3.8, 4) is 0 Å². The molecular formula is C22H24ClF3N2O. The van der Waals surface area contributed by atoms with Gasteiger partial charge in [0.05, 0.1) is 22.2 Å². The maximum atomic E-state index is 13.2. The second-order valence-corrected chi connectivity index (χ2v) is 7.92. The third-order valence-corrected chi connectivity index (χ3v) is 6.13. The number of alkyl halides is 3. The van der Waals surface area contributed by atoms with Crippen molar-refractivity contribution in [2.24, 2.45) is 0 Å². The largest absolute Gasteiger partial charge is 0.417 e. The van der Waals surface area contributed by atoms with E-state index in [9.17, 15) is 18.0 Å². The Morgan fingerprint density at radius 2 is 1.83 bits per heavy atom. The predicted molar refractivity (Wildman–Crippen MR) is 108 cm³/mol. The number of hydrogen-bond donors (Lipinski definition) is 1. The lowest BCUT2D eigenvalue weighted by atomic mass is 9.88. The lowest BCUT2D eigenvalue weighted by molar-refractivity contribution is -0.137. The number of halogens is 4. The third kappa shape index (κ3) is 4.75. The number of likely N-dealkylation sites (tertiary alicyclic amines) is 1. The van der Waals surface area contributed by atoms with E-state index in [1.807, 2.05) is 37.4 Å². The van der Waals surface area contributed by atoms with Crippen molar-refractivity contribution in [1.82, 2.24) is 10.2 Å². The van der Waals surface area contributed by atoms with E-state index in [0.29, 0.717) is 6.04 Å². The summed E-state index contributed by atoms with van der Waals surface area (Å²) in [5, 5.41) is 2.38. The minimum absolute atomic E-state index is 0.0367. The molecule has 2 aromatic rings. The first-order chi connectivity index (χ1) is 13.7. The zero-order valence-corrected chi connectivity index (χ0v) is 17.1. The van der Waals surface area contributed by atoms with Gasteiger partial charge in [-0.3, -0.25) is 9.69 Å². The monoisotopic (exact) mass is 424 g/mol. The molecule has 156 valence electrons. The summed E-state index contributed by atoms with van der Waals surface area (Å²) in [6.07, 6.45) is -1.64. The molecule has 0 aromatic heterocycles. The van der Waals surface area contributed by atoms with Crippen LogP contribution in [-0.4, -0.2) is 29.9 Å². The van der Waals surface area contributed by atoms with Crippen LogP contribution in [0.3, 0.4) is 0 Å². The van der Waals surface area contributed by atoms with Crippen molar-refractivity contribution in [3.05, 3.63) is 70.2 Å². The van der Waals surface area contributed by atoms with Crippen molar-refractivity contribution < 1.29 is 18.0 Å². The van der Waals surface area contributed by atoms with Gasteiger partial charge in [0.25, 0.3) is 5.91 Å². The second-order valence-electron chi connectivity index (χ2n) is 7.54. The second kappa shape index (κ2) is 8.76. The fourth-order valence-electron chi connectivity index (χ4n) is 3.97. The molecule has 3 atom stereocenters. The average molecular weight is 425 g/mol. The lowest BCUT2D eigenvalue weighted by Gasteiger charge is -2.42. The van der Waals surface area contributed by atoms with Gasteiger partial charge in [0.2, 0.25) is 0 Å². The Balaban J connectivity index is 1.94. The average Bonchev–Trinajstić information content (AvgIpc) is 2.68. The highest BCUT2D eigenvalue weighted by Crippen LogP contribution is 2.37. The molecule has 7 heteroatoms. The van der Waals surface area contributed by atoms with Gasteiger partial charge in [-0.25, -0.2) is 0 Å². The first kappa shape index (κ1) is 21.7. The van der Waals surface area contributed by atoms with Gasteiger partial charge in [0.15, 0.2) is 0 Å². The van der Waals surface area contributed by atoms with E-state index in [1.54, 1.807) is 0 Å². The molecule has 0 bridgehead atoms. The van der Waals surface area contributed by atoms with Crippen LogP contribution < -0.4 is 5.32 Å². The Hall–Kier alpha value is -2.05. The summed E-state index contributed by atoms with van der Waals surface area (Å²) < 4.78 is 39.5. The number of likely N-dealkylation sites (N-methyl/N-ethyl adjacent to an activating group) is 1. The highest BCUT2D eigenvalue weighted by molar-refractivity contribution is 6.34. The number of benzene rings is 2. The molecule has 0 aliphatic carbocycles. The highest BCUT2D eigenvalue weighted by Gasteiger charge is 2.36. The van der Waals surface area contributed by atoms with Crippen LogP contribution in [0.5, 0.6) is 0 Å². The Kier molecular flexibility index (Phi) is 6.54. The molecule has 0 unspecified atom stereocenters. The number of amides is 1. The van der Waals surface area contributed by atoms with Gasteiger partial charge in [-0.15, -0.1) is 0 Å². The van der Waals surface area contributed by atoms with Crippen LogP contribution in [0.2, 0.25) is 5.02 Å². The zero-order valence-electron chi connectivity index (χ0n) is 16.3. The van der Waals surface area contributed by atoms with Crippen molar-refractivity contribution in [3.63, 3.8) is 0 Å². The topological polar surface area (TPSA) is 32.3 Å². The fourth-order valence-corrected chi connectivity index (χ4v) is 4.28. The number of hydrogen-bond acceptors (Lipinski definition) is 2. The smallest absolute Gasteiger partial charge is 0.344 e. The van der Waals surface area contributed by atoms with Gasteiger partial charge < -0.3 is 5.32 Å². The van der Waals surface area contributed by atoms with Gasteiger partial charge in [-0.2, -0.15) is 13.2 Å². The summed E-state index contributed by atoms with van der Waals surface area (Å²) in [7, 11) is 2.02. The van der Waals surface area contributed by atoms with Crippen molar-refractivity contribution in [2.75, 3.05) is 7.05 Å². The molecule has 1 saturated heterocycles. The van der Waals surface area contributed by atoms with Crippen LogP contribution in [0.25, 0.3) is 0 Å². The van der Waals surface area contributed by atoms with Gasteiger partial charge in [0, 0.05) is 12.1 Å². The van der Waals surface area contributed by atoms with Crippen molar-refractivity contribution >= 4 is 17.5 Å². The molecule has 3 rings (SSSR count). The van der Waals surface area contributed by atoms with Crippen molar-refractivity contribution in [1.29, 1.82) is 0 Å². The zero-order chi connectivity index (χ0) is 21.2. The van der Waals surface area contributed by atoms with Crippen molar-refractivity contribution in [2.45, 2.75) is 50.5 Å². The maximum Gasteiger partial charge on any atom is 0.417 e. The molecule has 2 aromatic carbocycles. The van der Waals surface area contributed by atoms with Crippen LogP contribution in [-0.2, 0) is 6.18 Å². The van der Waals surface area contributed by atoms with Gasteiger partial charge in [0.1, 0.15) is 0 Å². The fraction of sp³-hybridized carbons (Fsp3) is 0.409. The standard InChI is InChI=1S/C22H24ClF3N2O/c1-14-8-6-13-18(28(14)2)20(15-9-4-3-5-10-15)27-21(29)16-11-7-12-17(19(16)23)22(24,25)26/h3-5,7,9-12,14,18,20H,6,8,13H2,1-2H3,(H,27,29)/t14-,18-,20+/m1/s1. The molecule has 1 heterocycles. The molecule has 1 amide bonds. The summed E-state index contributed by atoms with van der Waals surface area (Å²) >= 11 is 5.96. The summed E-state index contributed by atoms with van der Waals surface area (Å²) in [6.45, 7) is 2.14. The van der Waals surface area contributed by atoms with Gasteiger partial charge in [-0.05, 0) is 44.5 Å². The Labute approximate surface area is 173 Å². The number of nitrogens with zero attached hydrogens (tertiary/aromatic N) is 1. The van der Waals surface area contributed by atoms with E-state index in [0.717, 1.165) is 30.9 Å². The first-order valence-electron chi connectivity index (χ1n) is 9.63. The number of rotatable bonds is 4. The summed E-state index contributed by atoms with van der Waals surface area (Å²) in [5.41, 5.74) is -0.268. The minimum Gasteiger partial charge on any atom is -0.344 e. The number of carbonyl (C=O) groups excluding carboxylic acids is 1. The molecule has 0 spiro atoms.